The molecule has 8 heteroatoms. The van der Waals surface area contributed by atoms with Gasteiger partial charge >= 0.3 is 0 Å². The highest BCUT2D eigenvalue weighted by molar-refractivity contribution is 7.85. The van der Waals surface area contributed by atoms with Gasteiger partial charge in [0.2, 0.25) is 0 Å². The van der Waals surface area contributed by atoms with Crippen LogP contribution < -0.4 is 10.3 Å². The van der Waals surface area contributed by atoms with Crippen molar-refractivity contribution in [3.05, 3.63) is 21.6 Å². The van der Waals surface area contributed by atoms with Gasteiger partial charge in [-0.2, -0.15) is 8.42 Å². The number of hydrogen-bond donors (Lipinski definition) is 0. The first kappa shape index (κ1) is 14.7. The molecule has 1 aromatic rings. The Balaban J connectivity index is 2.97. The Morgan fingerprint density at radius 1 is 1.39 bits per heavy atom. The van der Waals surface area contributed by atoms with Gasteiger partial charge in [-0.05, 0) is 6.92 Å². The Kier molecular flexibility index (Phi) is 4.47. The minimum absolute atomic E-state index is 0.0804. The van der Waals surface area contributed by atoms with E-state index in [2.05, 4.69) is 9.17 Å². The van der Waals surface area contributed by atoms with Gasteiger partial charge < -0.3 is 4.74 Å². The van der Waals surface area contributed by atoms with Gasteiger partial charge in [-0.15, -0.1) is 0 Å². The highest BCUT2D eigenvalue weighted by Gasteiger charge is 2.13. The summed E-state index contributed by atoms with van der Waals surface area (Å²) < 4.78 is 32.5. The lowest BCUT2D eigenvalue weighted by molar-refractivity contribution is 0.322. The topological polar surface area (TPSA) is 87.5 Å². The second kappa shape index (κ2) is 5.49. The molecule has 0 unspecified atom stereocenters. The van der Waals surface area contributed by atoms with Gasteiger partial charge in [-0.3, -0.25) is 13.5 Å². The fourth-order valence-electron chi connectivity index (χ4n) is 1.50. The highest BCUT2D eigenvalue weighted by atomic mass is 32.2. The number of ether oxygens (including phenoxy) is 1. The molecule has 0 aliphatic carbocycles. The van der Waals surface area contributed by atoms with Crippen LogP contribution in [0.2, 0.25) is 0 Å². The molecule has 1 rings (SSSR count). The maximum absolute atomic E-state index is 12.0. The second-order valence-electron chi connectivity index (χ2n) is 3.80. The maximum atomic E-state index is 12.0. The van der Waals surface area contributed by atoms with E-state index < -0.39 is 10.1 Å². The third-order valence-electron chi connectivity index (χ3n) is 2.38. The number of methoxy groups -OCH3 is 1. The molecule has 0 saturated carbocycles. The molecule has 0 radical (unpaired) electrons. The smallest absolute Gasteiger partial charge is 0.298 e. The van der Waals surface area contributed by atoms with Crippen LogP contribution in [0.3, 0.4) is 0 Å². The molecule has 0 aliphatic heterocycles. The largest absolute Gasteiger partial charge is 0.468 e. The van der Waals surface area contributed by atoms with Crippen LogP contribution in [0.4, 0.5) is 0 Å². The number of aryl methyl sites for hydroxylation is 1. The van der Waals surface area contributed by atoms with Gasteiger partial charge in [0, 0.05) is 19.0 Å². The van der Waals surface area contributed by atoms with Gasteiger partial charge in [-0.25, -0.2) is 4.98 Å². The Morgan fingerprint density at radius 2 is 2.00 bits per heavy atom. The normalized spacial score (nSPS) is 11.6. The molecule has 0 atom stereocenters. The van der Waals surface area contributed by atoms with E-state index in [1.807, 2.05) is 0 Å². The van der Waals surface area contributed by atoms with E-state index in [4.69, 9.17) is 4.74 Å². The van der Waals surface area contributed by atoms with Gasteiger partial charge in [0.25, 0.3) is 21.7 Å². The minimum Gasteiger partial charge on any atom is -0.468 e. The molecule has 0 amide bonds. The maximum Gasteiger partial charge on any atom is 0.298 e. The van der Waals surface area contributed by atoms with Gasteiger partial charge in [-0.1, -0.05) is 0 Å². The molecule has 0 saturated heterocycles. The zero-order valence-electron chi connectivity index (χ0n) is 10.8. The molecular formula is C10H16N2O5S. The summed E-state index contributed by atoms with van der Waals surface area (Å²) in [5, 5.41) is 0. The SMILES string of the molecule is COc1nc(C)c(CCOS(C)(=O)=O)c(=O)n1C. The minimum atomic E-state index is -3.50. The van der Waals surface area contributed by atoms with Crippen molar-refractivity contribution in [2.75, 3.05) is 20.0 Å². The van der Waals surface area contributed by atoms with Crippen molar-refractivity contribution in [1.82, 2.24) is 9.55 Å². The summed E-state index contributed by atoms with van der Waals surface area (Å²) >= 11 is 0. The van der Waals surface area contributed by atoms with Crippen LogP contribution in [0, 0.1) is 6.92 Å². The van der Waals surface area contributed by atoms with Crippen LogP contribution in [-0.4, -0.2) is 37.9 Å². The van der Waals surface area contributed by atoms with E-state index in [0.29, 0.717) is 11.3 Å². The van der Waals surface area contributed by atoms with Crippen LogP contribution in [0.15, 0.2) is 4.79 Å². The van der Waals surface area contributed by atoms with Crippen molar-refractivity contribution < 1.29 is 17.3 Å². The first-order valence-corrected chi connectivity index (χ1v) is 7.03. The van der Waals surface area contributed by atoms with Crippen LogP contribution in [0.25, 0.3) is 0 Å². The molecular weight excluding hydrogens is 260 g/mol. The zero-order valence-corrected chi connectivity index (χ0v) is 11.6. The van der Waals surface area contributed by atoms with Gasteiger partial charge in [0.1, 0.15) is 0 Å². The van der Waals surface area contributed by atoms with E-state index in [-0.39, 0.29) is 24.6 Å². The van der Waals surface area contributed by atoms with E-state index in [1.54, 1.807) is 6.92 Å². The number of nitrogens with zero attached hydrogens (tertiary/aromatic N) is 2. The highest BCUT2D eigenvalue weighted by Crippen LogP contribution is 2.07. The summed E-state index contributed by atoms with van der Waals surface area (Å²) in [4.78, 5) is 16.1. The molecule has 0 fully saturated rings. The van der Waals surface area contributed by atoms with Crippen molar-refractivity contribution in [3.63, 3.8) is 0 Å². The number of rotatable bonds is 5. The lowest BCUT2D eigenvalue weighted by atomic mass is 10.2. The lowest BCUT2D eigenvalue weighted by Gasteiger charge is -2.10. The third kappa shape index (κ3) is 3.54. The molecule has 0 N–H and O–H groups in total. The van der Waals surface area contributed by atoms with Crippen molar-refractivity contribution in [2.45, 2.75) is 13.3 Å². The average Bonchev–Trinajstić information content (AvgIpc) is 2.26. The summed E-state index contributed by atoms with van der Waals surface area (Å²) in [5.74, 6) is 0. The fraction of sp³-hybridized carbons (Fsp3) is 0.600. The van der Waals surface area contributed by atoms with E-state index in [1.165, 1.54) is 18.7 Å². The van der Waals surface area contributed by atoms with Crippen LogP contribution in [0.5, 0.6) is 6.01 Å². The Bertz CT molecular complexity index is 591. The molecule has 0 aliphatic rings. The molecule has 1 aromatic heterocycles. The van der Waals surface area contributed by atoms with E-state index >= 15 is 0 Å². The average molecular weight is 276 g/mol. The Labute approximate surface area is 105 Å². The predicted octanol–water partition coefficient (Wildman–Crippen LogP) is -0.384. The van der Waals surface area contributed by atoms with Crippen LogP contribution in [0.1, 0.15) is 11.3 Å². The first-order valence-electron chi connectivity index (χ1n) is 5.21. The summed E-state index contributed by atoms with van der Waals surface area (Å²) in [6.07, 6.45) is 1.15. The van der Waals surface area contributed by atoms with E-state index in [0.717, 1.165) is 6.26 Å². The standard InChI is InChI=1S/C10H16N2O5S/c1-7-8(5-6-17-18(4,14)15)9(13)12(2)10(11-7)16-3/h5-6H2,1-4H3. The Hall–Kier alpha value is -1.41. The second-order valence-corrected chi connectivity index (χ2v) is 5.45. The van der Waals surface area contributed by atoms with Crippen molar-refractivity contribution >= 4 is 10.1 Å². The van der Waals surface area contributed by atoms with Gasteiger partial charge in [0.05, 0.1) is 25.7 Å². The van der Waals surface area contributed by atoms with Crippen molar-refractivity contribution in [2.24, 2.45) is 7.05 Å². The third-order valence-corrected chi connectivity index (χ3v) is 2.98. The summed E-state index contributed by atoms with van der Waals surface area (Å²) in [6.45, 7) is 1.59. The monoisotopic (exact) mass is 276 g/mol. The molecule has 0 spiro atoms. The number of hydrogen-bond acceptors (Lipinski definition) is 6. The van der Waals surface area contributed by atoms with E-state index in [9.17, 15) is 13.2 Å². The molecule has 18 heavy (non-hydrogen) atoms. The molecule has 7 nitrogen and oxygen atoms in total. The van der Waals surface area contributed by atoms with Crippen LogP contribution in [-0.2, 0) is 27.8 Å². The first-order chi connectivity index (χ1) is 8.26. The van der Waals surface area contributed by atoms with Crippen molar-refractivity contribution in [1.29, 1.82) is 0 Å². The summed E-state index contributed by atoms with van der Waals surface area (Å²) in [7, 11) is -0.536. The van der Waals surface area contributed by atoms with Gasteiger partial charge in [0.15, 0.2) is 0 Å². The fourth-order valence-corrected chi connectivity index (χ4v) is 1.88. The summed E-state index contributed by atoms with van der Waals surface area (Å²) in [6, 6.07) is 0.213. The molecule has 102 valence electrons. The van der Waals surface area contributed by atoms with Crippen LogP contribution >= 0.6 is 0 Å². The quantitative estimate of drug-likeness (QED) is 0.681. The molecule has 1 heterocycles. The Morgan fingerprint density at radius 3 is 2.50 bits per heavy atom. The van der Waals surface area contributed by atoms with Crippen molar-refractivity contribution in [3.8, 4) is 6.01 Å². The summed E-state index contributed by atoms with van der Waals surface area (Å²) in [5.41, 5.74) is 0.658. The lowest BCUT2D eigenvalue weighted by Crippen LogP contribution is -2.26. The predicted molar refractivity (Wildman–Crippen MR) is 65.3 cm³/mol. The zero-order chi connectivity index (χ0) is 13.9. The molecule has 0 aromatic carbocycles. The molecule has 0 bridgehead atoms. The number of aromatic nitrogens is 2.